The third-order valence-electron chi connectivity index (χ3n) is 5.97. The summed E-state index contributed by atoms with van der Waals surface area (Å²) in [5.74, 6) is 0.385. The molecule has 0 bridgehead atoms. The molecule has 0 aromatic heterocycles. The third kappa shape index (κ3) is 4.99. The van der Waals surface area contributed by atoms with Gasteiger partial charge in [-0.1, -0.05) is 43.6 Å². The van der Waals surface area contributed by atoms with E-state index in [4.69, 9.17) is 16.3 Å². The number of hydrogen-bond donors (Lipinski definition) is 1. The summed E-state index contributed by atoms with van der Waals surface area (Å²) >= 11 is 5.94. The van der Waals surface area contributed by atoms with Gasteiger partial charge in [0.2, 0.25) is 15.9 Å². The van der Waals surface area contributed by atoms with Crippen LogP contribution in [0.5, 0.6) is 5.75 Å². The Hall–Kier alpha value is -2.25. The maximum absolute atomic E-state index is 13.3. The number of nitrogens with zero attached hydrogens (tertiary/aromatic N) is 1. The van der Waals surface area contributed by atoms with E-state index in [2.05, 4.69) is 19.2 Å². The third-order valence-corrected chi connectivity index (χ3v) is 7.47. The normalized spacial score (nSPS) is 18.4. The standard InChI is InChI=1S/C23H29ClN2O4S/c1-5-23(6-2)15-20(19-9-7-8-10-21(19)30-23)25-22(27)16(3)26(31(4,28)29)18-13-11-17(24)12-14-18/h7-14,16,20H,5-6,15H2,1-4H3,(H,25,27)/t16-,20+/m1/s1. The maximum Gasteiger partial charge on any atom is 0.244 e. The number of anilines is 1. The molecule has 0 saturated carbocycles. The fourth-order valence-corrected chi connectivity index (χ4v) is 5.42. The van der Waals surface area contributed by atoms with Gasteiger partial charge >= 0.3 is 0 Å². The van der Waals surface area contributed by atoms with Gasteiger partial charge in [-0.2, -0.15) is 0 Å². The highest BCUT2D eigenvalue weighted by Gasteiger charge is 2.40. The molecule has 31 heavy (non-hydrogen) atoms. The molecule has 0 radical (unpaired) electrons. The zero-order valence-corrected chi connectivity index (χ0v) is 19.8. The molecule has 0 spiro atoms. The molecular weight excluding hydrogens is 436 g/mol. The second kappa shape index (κ2) is 9.09. The number of rotatable bonds is 7. The van der Waals surface area contributed by atoms with Gasteiger partial charge in [-0.25, -0.2) is 8.42 Å². The Morgan fingerprint density at radius 3 is 2.39 bits per heavy atom. The number of benzene rings is 2. The second-order valence-electron chi connectivity index (χ2n) is 8.01. The first-order valence-corrected chi connectivity index (χ1v) is 12.7. The molecule has 6 nitrogen and oxygen atoms in total. The number of hydrogen-bond acceptors (Lipinski definition) is 4. The number of para-hydroxylation sites is 1. The van der Waals surface area contributed by atoms with Crippen LogP contribution in [0.3, 0.4) is 0 Å². The van der Waals surface area contributed by atoms with Gasteiger partial charge < -0.3 is 10.1 Å². The smallest absolute Gasteiger partial charge is 0.244 e. The van der Waals surface area contributed by atoms with Crippen LogP contribution in [0, 0.1) is 0 Å². The Labute approximate surface area is 189 Å². The van der Waals surface area contributed by atoms with Crippen LogP contribution >= 0.6 is 11.6 Å². The summed E-state index contributed by atoms with van der Waals surface area (Å²) in [6, 6.07) is 12.8. The zero-order valence-electron chi connectivity index (χ0n) is 18.3. The molecule has 0 fully saturated rings. The van der Waals surface area contributed by atoms with E-state index in [9.17, 15) is 13.2 Å². The number of fused-ring (bicyclic) bond motifs is 1. The molecule has 2 aromatic rings. The Morgan fingerprint density at radius 1 is 1.19 bits per heavy atom. The zero-order chi connectivity index (χ0) is 22.8. The lowest BCUT2D eigenvalue weighted by molar-refractivity contribution is -0.123. The predicted molar refractivity (Wildman–Crippen MR) is 124 cm³/mol. The number of carbonyl (C=O) groups excluding carboxylic acids is 1. The molecule has 2 aromatic carbocycles. The molecule has 1 aliphatic rings. The highest BCUT2D eigenvalue weighted by atomic mass is 35.5. The molecule has 0 aliphatic carbocycles. The average Bonchev–Trinajstić information content (AvgIpc) is 2.74. The van der Waals surface area contributed by atoms with Gasteiger partial charge in [-0.15, -0.1) is 0 Å². The second-order valence-corrected chi connectivity index (χ2v) is 10.3. The molecule has 1 N–H and O–H groups in total. The van der Waals surface area contributed by atoms with Crippen LogP contribution in [0.4, 0.5) is 5.69 Å². The molecule has 0 saturated heterocycles. The number of amides is 1. The lowest BCUT2D eigenvalue weighted by Crippen LogP contribution is -2.51. The SMILES string of the molecule is CCC1(CC)C[C@H](NC(=O)[C@@H](C)N(c2ccc(Cl)cc2)S(C)(=O)=O)c2ccccc2O1. The van der Waals surface area contributed by atoms with Crippen molar-refractivity contribution in [3.8, 4) is 5.75 Å². The van der Waals surface area contributed by atoms with Crippen molar-refractivity contribution in [3.63, 3.8) is 0 Å². The Balaban J connectivity index is 1.90. The van der Waals surface area contributed by atoms with Gasteiger partial charge in [0.05, 0.1) is 18.0 Å². The van der Waals surface area contributed by atoms with Crippen LogP contribution in [-0.2, 0) is 14.8 Å². The quantitative estimate of drug-likeness (QED) is 0.644. The van der Waals surface area contributed by atoms with E-state index in [1.807, 2.05) is 24.3 Å². The highest BCUT2D eigenvalue weighted by molar-refractivity contribution is 7.92. The number of ether oxygens (including phenoxy) is 1. The molecular formula is C23H29ClN2O4S. The first kappa shape index (κ1) is 23.4. The number of halogens is 1. The van der Waals surface area contributed by atoms with Gasteiger partial charge in [-0.05, 0) is 50.1 Å². The minimum atomic E-state index is -3.70. The van der Waals surface area contributed by atoms with Gasteiger partial charge in [0.25, 0.3) is 0 Å². The van der Waals surface area contributed by atoms with Crippen molar-refractivity contribution in [3.05, 3.63) is 59.1 Å². The average molecular weight is 465 g/mol. The van der Waals surface area contributed by atoms with E-state index in [0.29, 0.717) is 17.1 Å². The van der Waals surface area contributed by atoms with Crippen molar-refractivity contribution in [2.75, 3.05) is 10.6 Å². The summed E-state index contributed by atoms with van der Waals surface area (Å²) in [6.45, 7) is 5.73. The highest BCUT2D eigenvalue weighted by Crippen LogP contribution is 2.42. The Bertz CT molecular complexity index is 1040. The van der Waals surface area contributed by atoms with Crippen LogP contribution in [0.25, 0.3) is 0 Å². The summed E-state index contributed by atoms with van der Waals surface area (Å²) in [4.78, 5) is 13.3. The molecule has 2 atom stereocenters. The van der Waals surface area contributed by atoms with Crippen molar-refractivity contribution >= 4 is 33.2 Å². The molecule has 1 heterocycles. The minimum Gasteiger partial charge on any atom is -0.487 e. The molecule has 1 amide bonds. The van der Waals surface area contributed by atoms with Crippen LogP contribution in [0.1, 0.15) is 51.6 Å². The molecule has 168 valence electrons. The van der Waals surface area contributed by atoms with Crippen molar-refractivity contribution in [1.29, 1.82) is 0 Å². The first-order chi connectivity index (χ1) is 14.6. The Morgan fingerprint density at radius 2 is 1.81 bits per heavy atom. The van der Waals surface area contributed by atoms with Gasteiger partial charge in [0, 0.05) is 17.0 Å². The van der Waals surface area contributed by atoms with Gasteiger partial charge in [-0.3, -0.25) is 9.10 Å². The predicted octanol–water partition coefficient (Wildman–Crippen LogP) is 4.69. The number of nitrogens with one attached hydrogen (secondary N) is 1. The van der Waals surface area contributed by atoms with E-state index < -0.39 is 16.1 Å². The van der Waals surface area contributed by atoms with Gasteiger partial charge in [0.1, 0.15) is 17.4 Å². The van der Waals surface area contributed by atoms with Crippen LogP contribution in [0.15, 0.2) is 48.5 Å². The summed E-state index contributed by atoms with van der Waals surface area (Å²) in [6.07, 6.45) is 3.32. The van der Waals surface area contributed by atoms with E-state index in [-0.39, 0.29) is 17.6 Å². The molecule has 8 heteroatoms. The summed E-state index contributed by atoms with van der Waals surface area (Å²) in [5, 5.41) is 3.57. The van der Waals surface area contributed by atoms with Crippen molar-refractivity contribution in [2.24, 2.45) is 0 Å². The van der Waals surface area contributed by atoms with E-state index in [1.54, 1.807) is 31.2 Å². The monoisotopic (exact) mass is 464 g/mol. The largest absolute Gasteiger partial charge is 0.487 e. The first-order valence-electron chi connectivity index (χ1n) is 10.4. The maximum atomic E-state index is 13.3. The number of carbonyl (C=O) groups is 1. The van der Waals surface area contributed by atoms with Crippen LogP contribution in [-0.4, -0.2) is 32.2 Å². The van der Waals surface area contributed by atoms with E-state index in [1.165, 1.54) is 0 Å². The van der Waals surface area contributed by atoms with Crippen LogP contribution in [0.2, 0.25) is 5.02 Å². The fourth-order valence-electron chi connectivity index (χ4n) is 4.12. The molecule has 3 rings (SSSR count). The topological polar surface area (TPSA) is 75.7 Å². The Kier molecular flexibility index (Phi) is 6.86. The minimum absolute atomic E-state index is 0.272. The summed E-state index contributed by atoms with van der Waals surface area (Å²) < 4.78 is 32.5. The van der Waals surface area contributed by atoms with Crippen molar-refractivity contribution in [2.45, 2.75) is 57.7 Å². The molecule has 0 unspecified atom stereocenters. The lowest BCUT2D eigenvalue weighted by atomic mass is 9.83. The summed E-state index contributed by atoms with van der Waals surface area (Å²) in [7, 11) is -3.70. The van der Waals surface area contributed by atoms with E-state index in [0.717, 1.165) is 34.7 Å². The molecule has 1 aliphatic heterocycles. The van der Waals surface area contributed by atoms with Crippen LogP contribution < -0.4 is 14.4 Å². The summed E-state index contributed by atoms with van der Waals surface area (Å²) in [5.41, 5.74) is 0.916. The van der Waals surface area contributed by atoms with Crippen molar-refractivity contribution < 1.29 is 17.9 Å². The fraction of sp³-hybridized carbons (Fsp3) is 0.435. The van der Waals surface area contributed by atoms with E-state index >= 15 is 0 Å². The van der Waals surface area contributed by atoms with Gasteiger partial charge in [0.15, 0.2) is 0 Å². The lowest BCUT2D eigenvalue weighted by Gasteiger charge is -2.42. The van der Waals surface area contributed by atoms with Crippen molar-refractivity contribution in [1.82, 2.24) is 5.32 Å². The number of sulfonamides is 1.